The van der Waals surface area contributed by atoms with Crippen LogP contribution < -0.4 is 5.32 Å². The molecule has 6 heteroatoms. The average Bonchev–Trinajstić information content (AvgIpc) is 3.02. The number of dihydropyridines is 1. The van der Waals surface area contributed by atoms with Gasteiger partial charge in [0.1, 0.15) is 11.5 Å². The first kappa shape index (κ1) is 16.7. The Morgan fingerprint density at radius 3 is 2.44 bits per heavy atom. The van der Waals surface area contributed by atoms with E-state index < -0.39 is 5.92 Å². The molecule has 1 aliphatic rings. The van der Waals surface area contributed by atoms with Gasteiger partial charge >= 0.3 is 0 Å². The van der Waals surface area contributed by atoms with Crippen molar-refractivity contribution in [2.45, 2.75) is 19.8 Å². The second-order valence-corrected chi connectivity index (χ2v) is 6.17. The molecule has 1 aromatic carbocycles. The van der Waals surface area contributed by atoms with E-state index in [1.54, 1.807) is 25.3 Å². The molecule has 0 spiro atoms. The molecular weight excluding hydrogens is 338 g/mol. The van der Waals surface area contributed by atoms with E-state index in [9.17, 15) is 15.6 Å². The van der Waals surface area contributed by atoms with E-state index >= 15 is 0 Å². The summed E-state index contributed by atoms with van der Waals surface area (Å²) in [6.07, 6.45) is 1.57. The lowest BCUT2D eigenvalue weighted by Crippen LogP contribution is -2.23. The molecule has 25 heavy (non-hydrogen) atoms. The van der Waals surface area contributed by atoms with Crippen molar-refractivity contribution in [2.75, 3.05) is 0 Å². The number of hydrogen-bond donors (Lipinski definition) is 2. The van der Waals surface area contributed by atoms with Crippen LogP contribution in [0.1, 0.15) is 29.7 Å². The fraction of sp³-hybridized carbons (Fsp3) is 0.158. The van der Waals surface area contributed by atoms with Crippen molar-refractivity contribution in [1.29, 1.82) is 10.5 Å². The van der Waals surface area contributed by atoms with Gasteiger partial charge in [-0.3, -0.25) is 0 Å². The van der Waals surface area contributed by atoms with E-state index in [4.69, 9.17) is 16.0 Å². The number of benzene rings is 1. The maximum Gasteiger partial charge on any atom is 0.134 e. The van der Waals surface area contributed by atoms with Gasteiger partial charge in [-0.1, -0.05) is 17.7 Å². The molecular formula is C19H14ClN3O2. The van der Waals surface area contributed by atoms with Gasteiger partial charge in [-0.05, 0) is 37.6 Å². The van der Waals surface area contributed by atoms with E-state index in [1.807, 2.05) is 13.0 Å². The smallest absolute Gasteiger partial charge is 0.134 e. The lowest BCUT2D eigenvalue weighted by molar-refractivity contribution is 0.475. The van der Waals surface area contributed by atoms with Gasteiger partial charge in [0.05, 0.1) is 46.2 Å². The molecule has 1 aliphatic heterocycles. The molecule has 0 fully saturated rings. The number of nitriles is 2. The predicted octanol–water partition coefficient (Wildman–Crippen LogP) is 4.37. The summed E-state index contributed by atoms with van der Waals surface area (Å²) in [5, 5.41) is 32.4. The Bertz CT molecular complexity index is 1000. The Labute approximate surface area is 150 Å². The molecule has 2 heterocycles. The number of nitrogens with one attached hydrogen (secondary N) is 1. The Morgan fingerprint density at radius 1 is 1.16 bits per heavy atom. The molecule has 1 atom stereocenters. The molecule has 0 bridgehead atoms. The van der Waals surface area contributed by atoms with E-state index in [0.29, 0.717) is 28.1 Å². The number of allylic oxidation sites excluding steroid dienone is 3. The number of aryl methyl sites for hydroxylation is 1. The number of halogens is 1. The van der Waals surface area contributed by atoms with E-state index in [1.165, 1.54) is 6.07 Å². The number of furan rings is 1. The highest BCUT2D eigenvalue weighted by Gasteiger charge is 2.32. The number of nitrogens with zero attached hydrogens (tertiary/aromatic N) is 2. The van der Waals surface area contributed by atoms with E-state index in [-0.39, 0.29) is 10.8 Å². The second kappa shape index (κ2) is 6.39. The number of phenols is 1. The van der Waals surface area contributed by atoms with Crippen LogP contribution in [0.3, 0.4) is 0 Å². The van der Waals surface area contributed by atoms with Gasteiger partial charge in [0.25, 0.3) is 0 Å². The van der Waals surface area contributed by atoms with Crippen LogP contribution in [0, 0.1) is 29.6 Å². The first-order valence-corrected chi connectivity index (χ1v) is 7.90. The minimum absolute atomic E-state index is 0.0493. The third kappa shape index (κ3) is 2.87. The SMILES string of the molecule is CC1=C(C#N)C(c2ccc(O)c(Cl)c2)C(C#N)=C(c2coc(C)c2)N1. The molecule has 5 nitrogen and oxygen atoms in total. The number of hydrogen-bond acceptors (Lipinski definition) is 5. The third-order valence-corrected chi connectivity index (χ3v) is 4.43. The maximum absolute atomic E-state index is 9.79. The summed E-state index contributed by atoms with van der Waals surface area (Å²) in [5.41, 5.74) is 3.48. The fourth-order valence-corrected chi connectivity index (χ4v) is 3.12. The zero-order valence-corrected chi connectivity index (χ0v) is 14.3. The van der Waals surface area contributed by atoms with Gasteiger partial charge in [0.15, 0.2) is 0 Å². The van der Waals surface area contributed by atoms with Gasteiger partial charge in [0.2, 0.25) is 0 Å². The van der Waals surface area contributed by atoms with Crippen molar-refractivity contribution in [3.8, 4) is 17.9 Å². The van der Waals surface area contributed by atoms with Crippen molar-refractivity contribution >= 4 is 17.3 Å². The van der Waals surface area contributed by atoms with Crippen molar-refractivity contribution in [1.82, 2.24) is 5.32 Å². The number of rotatable bonds is 2. The molecule has 0 amide bonds. The molecule has 124 valence electrons. The first-order chi connectivity index (χ1) is 12.0. The predicted molar refractivity (Wildman–Crippen MR) is 93.3 cm³/mol. The summed E-state index contributed by atoms with van der Waals surface area (Å²) in [6, 6.07) is 10.9. The monoisotopic (exact) mass is 351 g/mol. The summed E-state index contributed by atoms with van der Waals surface area (Å²) in [5.74, 6) is 0.102. The normalized spacial score (nSPS) is 17.1. The summed E-state index contributed by atoms with van der Waals surface area (Å²) in [4.78, 5) is 0. The van der Waals surface area contributed by atoms with Crippen LogP contribution in [0.15, 0.2) is 51.8 Å². The van der Waals surface area contributed by atoms with Crippen molar-refractivity contribution < 1.29 is 9.52 Å². The summed E-state index contributed by atoms with van der Waals surface area (Å²) in [6.45, 7) is 3.61. The van der Waals surface area contributed by atoms with Crippen molar-refractivity contribution in [3.63, 3.8) is 0 Å². The van der Waals surface area contributed by atoms with Crippen LogP contribution in [-0.2, 0) is 0 Å². The van der Waals surface area contributed by atoms with Crippen LogP contribution in [0.2, 0.25) is 5.02 Å². The molecule has 1 aromatic heterocycles. The quantitative estimate of drug-likeness (QED) is 0.838. The zero-order valence-electron chi connectivity index (χ0n) is 13.6. The van der Waals surface area contributed by atoms with Crippen LogP contribution in [0.25, 0.3) is 5.70 Å². The summed E-state index contributed by atoms with van der Waals surface area (Å²) < 4.78 is 5.36. The molecule has 2 aromatic rings. The van der Waals surface area contributed by atoms with Crippen LogP contribution in [0.5, 0.6) is 5.75 Å². The van der Waals surface area contributed by atoms with Gasteiger partial charge in [-0.2, -0.15) is 10.5 Å². The van der Waals surface area contributed by atoms with Crippen LogP contribution in [0.4, 0.5) is 0 Å². The van der Waals surface area contributed by atoms with Gasteiger partial charge in [0, 0.05) is 11.3 Å². The van der Waals surface area contributed by atoms with Crippen LogP contribution >= 0.6 is 11.6 Å². The summed E-state index contributed by atoms with van der Waals surface area (Å²) in [7, 11) is 0. The summed E-state index contributed by atoms with van der Waals surface area (Å²) >= 11 is 6.03. The Kier molecular flexibility index (Phi) is 4.27. The fourth-order valence-electron chi connectivity index (χ4n) is 2.93. The molecule has 1 unspecified atom stereocenters. The highest BCUT2D eigenvalue weighted by Crippen LogP contribution is 2.41. The minimum Gasteiger partial charge on any atom is -0.506 e. The lowest BCUT2D eigenvalue weighted by Gasteiger charge is -2.27. The van der Waals surface area contributed by atoms with Gasteiger partial charge < -0.3 is 14.8 Å². The topological polar surface area (TPSA) is 93.0 Å². The maximum atomic E-state index is 9.79. The minimum atomic E-state index is -0.570. The van der Waals surface area contributed by atoms with Crippen molar-refractivity contribution in [3.05, 3.63) is 69.3 Å². The Morgan fingerprint density at radius 2 is 1.88 bits per heavy atom. The Balaban J connectivity index is 2.24. The van der Waals surface area contributed by atoms with Crippen LogP contribution in [-0.4, -0.2) is 5.11 Å². The molecule has 0 radical (unpaired) electrons. The molecule has 2 N–H and O–H groups in total. The highest BCUT2D eigenvalue weighted by molar-refractivity contribution is 6.32. The average molecular weight is 352 g/mol. The number of aromatic hydroxyl groups is 1. The molecule has 0 saturated heterocycles. The Hall–Kier alpha value is -3.15. The largest absolute Gasteiger partial charge is 0.506 e. The highest BCUT2D eigenvalue weighted by atomic mass is 35.5. The third-order valence-electron chi connectivity index (χ3n) is 4.13. The molecule has 0 saturated carbocycles. The number of phenolic OH excluding ortho intramolecular Hbond substituents is 1. The van der Waals surface area contributed by atoms with Crippen molar-refractivity contribution in [2.24, 2.45) is 0 Å². The standard InChI is InChI=1S/C19H14ClN3O2/c1-10-5-13(9-25-10)19-15(8-22)18(14(7-21)11(2)23-19)12-3-4-17(24)16(20)6-12/h3-6,9,18,23-24H,1-2H3. The molecule has 0 aliphatic carbocycles. The van der Waals surface area contributed by atoms with E-state index in [0.717, 1.165) is 11.3 Å². The molecule has 3 rings (SSSR count). The second-order valence-electron chi connectivity index (χ2n) is 5.77. The van der Waals surface area contributed by atoms with E-state index in [2.05, 4.69) is 17.5 Å². The zero-order chi connectivity index (χ0) is 18.1. The van der Waals surface area contributed by atoms with Gasteiger partial charge in [-0.15, -0.1) is 0 Å². The first-order valence-electron chi connectivity index (χ1n) is 7.52. The lowest BCUT2D eigenvalue weighted by atomic mass is 9.80. The van der Waals surface area contributed by atoms with Gasteiger partial charge in [-0.25, -0.2) is 0 Å².